The molecule has 5 aliphatic rings. The monoisotopic (exact) mass is 443 g/mol. The van der Waals surface area contributed by atoms with Crippen molar-refractivity contribution in [3.8, 4) is 11.5 Å². The van der Waals surface area contributed by atoms with Crippen LogP contribution < -0.4 is 20.3 Å². The molecule has 2 aromatic rings. The van der Waals surface area contributed by atoms with E-state index in [4.69, 9.17) is 21.1 Å². The first-order valence-electron chi connectivity index (χ1n) is 10.6. The van der Waals surface area contributed by atoms with E-state index in [2.05, 4.69) is 10.4 Å². The zero-order valence-electron chi connectivity index (χ0n) is 16.8. The first-order chi connectivity index (χ1) is 14.9. The molecule has 2 heterocycles. The Labute approximate surface area is 183 Å². The SMILES string of the molecule is O=C(O)C12CC3CC(C1)CC(n1ncc(Nc4ccc5c(c4)OCO5)c(Cl)c1=O)(C3)C2. The van der Waals surface area contributed by atoms with Crippen LogP contribution in [0.1, 0.15) is 38.5 Å². The number of nitrogens with one attached hydrogen (secondary N) is 1. The van der Waals surface area contributed by atoms with Crippen LogP contribution in [0.15, 0.2) is 29.2 Å². The molecule has 0 spiro atoms. The van der Waals surface area contributed by atoms with E-state index in [9.17, 15) is 14.7 Å². The average Bonchev–Trinajstić information content (AvgIpc) is 3.18. The van der Waals surface area contributed by atoms with Gasteiger partial charge < -0.3 is 19.9 Å². The number of ether oxygens (including phenoxy) is 2. The van der Waals surface area contributed by atoms with E-state index in [0.717, 1.165) is 19.3 Å². The van der Waals surface area contributed by atoms with Crippen LogP contribution in [-0.2, 0) is 10.3 Å². The summed E-state index contributed by atoms with van der Waals surface area (Å²) in [5, 5.41) is 17.7. The molecule has 8 nitrogen and oxygen atoms in total. The number of carboxylic acid groups (broad SMARTS) is 1. The Balaban J connectivity index is 1.35. The van der Waals surface area contributed by atoms with Crippen molar-refractivity contribution in [3.63, 3.8) is 0 Å². The molecule has 1 aromatic carbocycles. The van der Waals surface area contributed by atoms with Crippen molar-refractivity contribution in [3.05, 3.63) is 39.8 Å². The number of carbonyl (C=O) groups is 1. The number of rotatable bonds is 4. The minimum Gasteiger partial charge on any atom is -0.481 e. The second-order valence-corrected chi connectivity index (χ2v) is 9.93. The van der Waals surface area contributed by atoms with Crippen molar-refractivity contribution < 1.29 is 19.4 Å². The van der Waals surface area contributed by atoms with Gasteiger partial charge in [-0.3, -0.25) is 9.59 Å². The highest BCUT2D eigenvalue weighted by molar-refractivity contribution is 6.33. The lowest BCUT2D eigenvalue weighted by molar-refractivity contribution is -0.173. The van der Waals surface area contributed by atoms with E-state index in [1.54, 1.807) is 18.3 Å². The number of benzene rings is 1. The summed E-state index contributed by atoms with van der Waals surface area (Å²) in [6.07, 6.45) is 6.02. The molecular formula is C22H22ClN3O5. The quantitative estimate of drug-likeness (QED) is 0.741. The number of fused-ring (bicyclic) bond motifs is 1. The number of aromatic nitrogens is 2. The van der Waals surface area contributed by atoms with Crippen LogP contribution in [0, 0.1) is 17.3 Å². The van der Waals surface area contributed by atoms with Gasteiger partial charge in [0.2, 0.25) is 6.79 Å². The van der Waals surface area contributed by atoms with E-state index < -0.39 is 16.9 Å². The summed E-state index contributed by atoms with van der Waals surface area (Å²) < 4.78 is 12.2. The van der Waals surface area contributed by atoms with Gasteiger partial charge in [0, 0.05) is 11.8 Å². The largest absolute Gasteiger partial charge is 0.481 e. The fraction of sp³-hybridized carbons (Fsp3) is 0.500. The van der Waals surface area contributed by atoms with E-state index in [0.29, 0.717) is 54.0 Å². The topological polar surface area (TPSA) is 103 Å². The molecule has 1 aromatic heterocycles. The summed E-state index contributed by atoms with van der Waals surface area (Å²) in [6, 6.07) is 5.37. The molecule has 1 aliphatic heterocycles. The normalized spacial score (nSPS) is 32.3. The fourth-order valence-corrected chi connectivity index (χ4v) is 6.88. The summed E-state index contributed by atoms with van der Waals surface area (Å²) in [5.74, 6) is 1.17. The van der Waals surface area contributed by atoms with Crippen LogP contribution in [0.4, 0.5) is 11.4 Å². The smallest absolute Gasteiger partial charge is 0.309 e. The lowest BCUT2D eigenvalue weighted by Gasteiger charge is -2.60. The molecule has 7 rings (SSSR count). The molecule has 0 saturated heterocycles. The molecular weight excluding hydrogens is 422 g/mol. The molecule has 162 valence electrons. The van der Waals surface area contributed by atoms with E-state index >= 15 is 0 Å². The third kappa shape index (κ3) is 2.77. The maximum Gasteiger partial charge on any atom is 0.309 e. The molecule has 2 unspecified atom stereocenters. The first-order valence-corrected chi connectivity index (χ1v) is 10.9. The zero-order chi connectivity index (χ0) is 21.4. The van der Waals surface area contributed by atoms with Gasteiger partial charge in [-0.2, -0.15) is 5.10 Å². The number of hydrogen-bond acceptors (Lipinski definition) is 6. The molecule has 9 heteroatoms. The zero-order valence-corrected chi connectivity index (χ0v) is 17.5. The van der Waals surface area contributed by atoms with Crippen molar-refractivity contribution in [2.75, 3.05) is 12.1 Å². The van der Waals surface area contributed by atoms with Gasteiger partial charge in [0.25, 0.3) is 5.56 Å². The lowest BCUT2D eigenvalue weighted by Crippen LogP contribution is -2.61. The van der Waals surface area contributed by atoms with Gasteiger partial charge >= 0.3 is 5.97 Å². The predicted molar refractivity (Wildman–Crippen MR) is 112 cm³/mol. The Hall–Kier alpha value is -2.74. The lowest BCUT2D eigenvalue weighted by atomic mass is 9.47. The van der Waals surface area contributed by atoms with Gasteiger partial charge in [-0.1, -0.05) is 11.6 Å². The first kappa shape index (κ1) is 19.0. The Kier molecular flexibility index (Phi) is 3.91. The number of halogens is 1. The highest BCUT2D eigenvalue weighted by atomic mass is 35.5. The molecule has 2 N–H and O–H groups in total. The maximum absolute atomic E-state index is 13.3. The number of carboxylic acids is 1. The molecule has 4 fully saturated rings. The maximum atomic E-state index is 13.3. The minimum absolute atomic E-state index is 0.0489. The highest BCUT2D eigenvalue weighted by Gasteiger charge is 2.62. The minimum atomic E-state index is -0.749. The van der Waals surface area contributed by atoms with Gasteiger partial charge in [-0.05, 0) is 62.5 Å². The third-order valence-corrected chi connectivity index (χ3v) is 7.87. The Morgan fingerprint density at radius 1 is 1.19 bits per heavy atom. The molecule has 2 atom stereocenters. The van der Waals surface area contributed by atoms with Gasteiger partial charge in [-0.15, -0.1) is 0 Å². The van der Waals surface area contributed by atoms with E-state index in [-0.39, 0.29) is 17.4 Å². The number of nitrogens with zero attached hydrogens (tertiary/aromatic N) is 2. The summed E-state index contributed by atoms with van der Waals surface area (Å²) in [6.45, 7) is 0.180. The van der Waals surface area contributed by atoms with Gasteiger partial charge in [0.1, 0.15) is 5.02 Å². The van der Waals surface area contributed by atoms with Crippen LogP contribution in [0.25, 0.3) is 0 Å². The van der Waals surface area contributed by atoms with Crippen molar-refractivity contribution in [2.45, 2.75) is 44.1 Å². The predicted octanol–water partition coefficient (Wildman–Crippen LogP) is 3.75. The average molecular weight is 444 g/mol. The second kappa shape index (κ2) is 6.38. The molecule has 0 amide bonds. The van der Waals surface area contributed by atoms with Crippen LogP contribution >= 0.6 is 11.6 Å². The number of anilines is 2. The highest BCUT2D eigenvalue weighted by Crippen LogP contribution is 2.64. The van der Waals surface area contributed by atoms with Crippen LogP contribution in [0.3, 0.4) is 0 Å². The van der Waals surface area contributed by atoms with Gasteiger partial charge in [-0.25, -0.2) is 4.68 Å². The number of aliphatic carboxylic acids is 1. The van der Waals surface area contributed by atoms with Gasteiger partial charge in [0.05, 0.1) is 22.8 Å². The van der Waals surface area contributed by atoms with E-state index in [1.165, 1.54) is 4.68 Å². The van der Waals surface area contributed by atoms with Crippen molar-refractivity contribution in [1.82, 2.24) is 9.78 Å². The summed E-state index contributed by atoms with van der Waals surface area (Å²) >= 11 is 6.49. The Bertz CT molecular complexity index is 1150. The molecule has 31 heavy (non-hydrogen) atoms. The van der Waals surface area contributed by atoms with Crippen LogP contribution in [0.2, 0.25) is 5.02 Å². The fourth-order valence-electron chi connectivity index (χ4n) is 6.70. The summed E-state index contributed by atoms with van der Waals surface area (Å²) in [4.78, 5) is 25.4. The number of hydrogen-bond donors (Lipinski definition) is 2. The standard InChI is InChI=1S/C22H22ClN3O5/c23-18-15(25-14-1-2-16-17(4-14)31-11-30-16)9-24-26(19(18)27)22-7-12-3-13(8-22)6-21(5-12,10-22)20(28)29/h1-2,4,9,12-13,25H,3,5-8,10-11H2,(H,28,29). The molecule has 4 saturated carbocycles. The Morgan fingerprint density at radius 2 is 1.94 bits per heavy atom. The summed E-state index contributed by atoms with van der Waals surface area (Å²) in [7, 11) is 0. The second-order valence-electron chi connectivity index (χ2n) is 9.55. The van der Waals surface area contributed by atoms with Crippen molar-refractivity contribution >= 4 is 28.9 Å². The molecule has 4 aliphatic carbocycles. The Morgan fingerprint density at radius 3 is 2.68 bits per heavy atom. The third-order valence-electron chi connectivity index (χ3n) is 7.50. The van der Waals surface area contributed by atoms with Crippen molar-refractivity contribution in [1.29, 1.82) is 0 Å². The van der Waals surface area contributed by atoms with Crippen molar-refractivity contribution in [2.24, 2.45) is 17.3 Å². The summed E-state index contributed by atoms with van der Waals surface area (Å²) in [5.41, 5.74) is -0.597. The molecule has 0 radical (unpaired) electrons. The van der Waals surface area contributed by atoms with E-state index in [1.807, 2.05) is 6.07 Å². The molecule has 4 bridgehead atoms. The van der Waals surface area contributed by atoms with Gasteiger partial charge in [0.15, 0.2) is 11.5 Å². The van der Waals surface area contributed by atoms with Crippen LogP contribution in [0.5, 0.6) is 11.5 Å². The van der Waals surface area contributed by atoms with Crippen LogP contribution in [-0.4, -0.2) is 27.6 Å².